The van der Waals surface area contributed by atoms with Crippen LogP contribution in [-0.2, 0) is 0 Å². The summed E-state index contributed by atoms with van der Waals surface area (Å²) in [5, 5.41) is 17.3. The third-order valence-electron chi connectivity index (χ3n) is 1.96. The molecule has 0 spiro atoms. The Labute approximate surface area is 93.4 Å². The molecule has 1 N–H and O–H groups in total. The van der Waals surface area contributed by atoms with Crippen LogP contribution in [0.1, 0.15) is 0 Å². The lowest BCUT2D eigenvalue weighted by Crippen LogP contribution is -1.91. The van der Waals surface area contributed by atoms with Gasteiger partial charge >= 0.3 is 0 Å². The molecule has 0 radical (unpaired) electrons. The Morgan fingerprint density at radius 2 is 2.13 bits per heavy atom. The van der Waals surface area contributed by atoms with Crippen molar-refractivity contribution in [1.82, 2.24) is 10.2 Å². The number of rotatable bonds is 2. The summed E-state index contributed by atoms with van der Waals surface area (Å²) in [6.45, 7) is 0. The number of aromatic nitrogens is 2. The number of halogens is 1. The summed E-state index contributed by atoms with van der Waals surface area (Å²) in [7, 11) is 0. The lowest BCUT2D eigenvalue weighted by Gasteiger charge is -1.99. The van der Waals surface area contributed by atoms with Crippen molar-refractivity contribution >= 4 is 21.6 Å². The summed E-state index contributed by atoms with van der Waals surface area (Å²) in [6, 6.07) is 6.51. The fraction of sp³-hybridized carbons (Fsp3) is 0. The van der Waals surface area contributed by atoms with Crippen molar-refractivity contribution in [2.45, 2.75) is 0 Å². The van der Waals surface area contributed by atoms with E-state index in [0.717, 1.165) is 0 Å². The molecular weight excluding hydrogens is 262 g/mol. The van der Waals surface area contributed by atoms with Crippen LogP contribution in [0.4, 0.5) is 5.69 Å². The maximum absolute atomic E-state index is 10.8. The second-order valence-corrected chi connectivity index (χ2v) is 3.72. The fourth-order valence-corrected chi connectivity index (χ4v) is 1.71. The highest BCUT2D eigenvalue weighted by molar-refractivity contribution is 9.10. The number of para-hydroxylation sites is 1. The Morgan fingerprint density at radius 3 is 2.73 bits per heavy atom. The van der Waals surface area contributed by atoms with Crippen LogP contribution in [0.5, 0.6) is 0 Å². The highest BCUT2D eigenvalue weighted by Gasteiger charge is 2.17. The molecule has 0 fully saturated rings. The zero-order valence-corrected chi connectivity index (χ0v) is 9.06. The van der Waals surface area contributed by atoms with Gasteiger partial charge in [-0.3, -0.25) is 15.2 Å². The standard InChI is InChI=1S/C9H6BrN3O2/c10-7-5-11-12-9(7)6-3-1-2-4-8(6)13(14)15/h1-5H,(H,11,12). The number of aromatic amines is 1. The topological polar surface area (TPSA) is 71.8 Å². The molecule has 0 amide bonds. The van der Waals surface area contributed by atoms with Gasteiger partial charge in [-0.1, -0.05) is 12.1 Å². The van der Waals surface area contributed by atoms with Gasteiger partial charge in [0.05, 0.1) is 26.9 Å². The maximum Gasteiger partial charge on any atom is 0.278 e. The summed E-state index contributed by atoms with van der Waals surface area (Å²) in [4.78, 5) is 10.4. The van der Waals surface area contributed by atoms with E-state index in [-0.39, 0.29) is 5.69 Å². The van der Waals surface area contributed by atoms with E-state index >= 15 is 0 Å². The van der Waals surface area contributed by atoms with Crippen LogP contribution in [0.15, 0.2) is 34.9 Å². The van der Waals surface area contributed by atoms with Crippen molar-refractivity contribution in [1.29, 1.82) is 0 Å². The molecule has 0 aliphatic heterocycles. The predicted octanol–water partition coefficient (Wildman–Crippen LogP) is 2.75. The molecular formula is C9H6BrN3O2. The quantitative estimate of drug-likeness (QED) is 0.672. The lowest BCUT2D eigenvalue weighted by atomic mass is 10.1. The molecule has 1 heterocycles. The molecule has 0 saturated heterocycles. The first-order valence-electron chi connectivity index (χ1n) is 4.13. The Hall–Kier alpha value is -1.69. The number of hydrogen-bond donors (Lipinski definition) is 1. The van der Waals surface area contributed by atoms with E-state index in [9.17, 15) is 10.1 Å². The Bertz CT molecular complexity index is 510. The maximum atomic E-state index is 10.8. The SMILES string of the molecule is O=[N+]([O-])c1ccccc1-c1[nH]ncc1Br. The first-order valence-corrected chi connectivity index (χ1v) is 4.92. The first kappa shape index (κ1) is 9.85. The van der Waals surface area contributed by atoms with Crippen LogP contribution in [0.3, 0.4) is 0 Å². The van der Waals surface area contributed by atoms with E-state index in [1.54, 1.807) is 24.4 Å². The summed E-state index contributed by atoms with van der Waals surface area (Å²) in [5.74, 6) is 0. The van der Waals surface area contributed by atoms with Crippen molar-refractivity contribution in [2.75, 3.05) is 0 Å². The number of hydrogen-bond acceptors (Lipinski definition) is 3. The second kappa shape index (κ2) is 3.82. The third kappa shape index (κ3) is 1.75. The van der Waals surface area contributed by atoms with Gasteiger partial charge in [-0.05, 0) is 22.0 Å². The minimum atomic E-state index is -0.414. The fourth-order valence-electron chi connectivity index (χ4n) is 1.30. The number of benzene rings is 1. The van der Waals surface area contributed by atoms with Gasteiger partial charge in [-0.15, -0.1) is 0 Å². The van der Waals surface area contributed by atoms with Crippen molar-refractivity contribution in [2.24, 2.45) is 0 Å². The Kier molecular flexibility index (Phi) is 2.51. The van der Waals surface area contributed by atoms with Gasteiger partial charge in [-0.2, -0.15) is 5.10 Å². The van der Waals surface area contributed by atoms with Crippen molar-refractivity contribution in [3.8, 4) is 11.3 Å². The molecule has 15 heavy (non-hydrogen) atoms. The van der Waals surface area contributed by atoms with Crippen LogP contribution < -0.4 is 0 Å². The molecule has 0 saturated carbocycles. The van der Waals surface area contributed by atoms with Gasteiger partial charge in [-0.25, -0.2) is 0 Å². The molecule has 5 nitrogen and oxygen atoms in total. The minimum Gasteiger partial charge on any atom is -0.276 e. The molecule has 0 bridgehead atoms. The Balaban J connectivity index is 2.63. The van der Waals surface area contributed by atoms with Gasteiger partial charge in [0.15, 0.2) is 0 Å². The summed E-state index contributed by atoms with van der Waals surface area (Å²) >= 11 is 3.27. The average molecular weight is 268 g/mol. The number of nitro benzene ring substituents is 1. The normalized spacial score (nSPS) is 10.2. The molecule has 2 rings (SSSR count). The average Bonchev–Trinajstić information content (AvgIpc) is 2.64. The summed E-state index contributed by atoms with van der Waals surface area (Å²) < 4.78 is 0.705. The number of nitro groups is 1. The van der Waals surface area contributed by atoms with E-state index in [1.807, 2.05) is 0 Å². The summed E-state index contributed by atoms with van der Waals surface area (Å²) in [6.07, 6.45) is 1.56. The molecule has 0 atom stereocenters. The van der Waals surface area contributed by atoms with Gasteiger partial charge in [0.25, 0.3) is 5.69 Å². The van der Waals surface area contributed by atoms with Crippen LogP contribution in [0.2, 0.25) is 0 Å². The van der Waals surface area contributed by atoms with E-state index in [4.69, 9.17) is 0 Å². The van der Waals surface area contributed by atoms with Crippen LogP contribution in [0.25, 0.3) is 11.3 Å². The number of nitrogens with zero attached hydrogens (tertiary/aromatic N) is 2. The zero-order chi connectivity index (χ0) is 10.8. The van der Waals surface area contributed by atoms with Gasteiger partial charge in [0.2, 0.25) is 0 Å². The van der Waals surface area contributed by atoms with E-state index in [2.05, 4.69) is 26.1 Å². The zero-order valence-electron chi connectivity index (χ0n) is 7.48. The Morgan fingerprint density at radius 1 is 1.40 bits per heavy atom. The highest BCUT2D eigenvalue weighted by Crippen LogP contribution is 2.32. The third-order valence-corrected chi connectivity index (χ3v) is 2.56. The van der Waals surface area contributed by atoms with E-state index < -0.39 is 4.92 Å². The molecule has 0 aliphatic rings. The first-order chi connectivity index (χ1) is 7.20. The van der Waals surface area contributed by atoms with Crippen molar-refractivity contribution < 1.29 is 4.92 Å². The lowest BCUT2D eigenvalue weighted by molar-refractivity contribution is -0.384. The smallest absolute Gasteiger partial charge is 0.276 e. The molecule has 2 aromatic rings. The molecule has 1 aromatic heterocycles. The largest absolute Gasteiger partial charge is 0.278 e. The minimum absolute atomic E-state index is 0.0578. The molecule has 0 unspecified atom stereocenters. The number of nitrogens with one attached hydrogen (secondary N) is 1. The predicted molar refractivity (Wildman–Crippen MR) is 58.4 cm³/mol. The monoisotopic (exact) mass is 267 g/mol. The van der Waals surface area contributed by atoms with Gasteiger partial charge in [0.1, 0.15) is 0 Å². The van der Waals surface area contributed by atoms with Crippen molar-refractivity contribution in [3.05, 3.63) is 45.0 Å². The van der Waals surface area contributed by atoms with E-state index in [0.29, 0.717) is 15.7 Å². The van der Waals surface area contributed by atoms with Crippen molar-refractivity contribution in [3.63, 3.8) is 0 Å². The van der Waals surface area contributed by atoms with Crippen LogP contribution >= 0.6 is 15.9 Å². The molecule has 1 aromatic carbocycles. The molecule has 0 aliphatic carbocycles. The molecule has 6 heteroatoms. The second-order valence-electron chi connectivity index (χ2n) is 2.87. The summed E-state index contributed by atoms with van der Waals surface area (Å²) in [5.41, 5.74) is 1.19. The van der Waals surface area contributed by atoms with Gasteiger partial charge in [0, 0.05) is 6.07 Å². The van der Waals surface area contributed by atoms with E-state index in [1.165, 1.54) is 6.07 Å². The number of H-pyrrole nitrogens is 1. The highest BCUT2D eigenvalue weighted by atomic mass is 79.9. The van der Waals surface area contributed by atoms with Crippen LogP contribution in [0, 0.1) is 10.1 Å². The molecule has 76 valence electrons. The van der Waals surface area contributed by atoms with Gasteiger partial charge < -0.3 is 0 Å². The van der Waals surface area contributed by atoms with Crippen LogP contribution in [-0.4, -0.2) is 15.1 Å².